The maximum atomic E-state index is 4.32. The number of thioether (sulfide) groups is 1. The van der Waals surface area contributed by atoms with Gasteiger partial charge in [-0.15, -0.1) is 11.8 Å². The summed E-state index contributed by atoms with van der Waals surface area (Å²) in [6, 6.07) is 9.10. The van der Waals surface area contributed by atoms with E-state index in [1.165, 1.54) is 10.5 Å². The zero-order valence-corrected chi connectivity index (χ0v) is 13.2. The molecule has 4 nitrogen and oxygen atoms in total. The summed E-state index contributed by atoms with van der Waals surface area (Å²) >= 11 is 1.87. The summed E-state index contributed by atoms with van der Waals surface area (Å²) in [6.45, 7) is 5.24. The molecule has 1 unspecified atom stereocenters. The van der Waals surface area contributed by atoms with E-state index >= 15 is 0 Å². The minimum absolute atomic E-state index is 0.281. The summed E-state index contributed by atoms with van der Waals surface area (Å²) in [5, 5.41) is 7.66. The molecule has 2 rings (SSSR count). The topological polar surface area (TPSA) is 42.7 Å². The van der Waals surface area contributed by atoms with Crippen LogP contribution >= 0.6 is 11.8 Å². The van der Waals surface area contributed by atoms with Gasteiger partial charge in [0.05, 0.1) is 0 Å². The maximum Gasteiger partial charge on any atom is 0.138 e. The van der Waals surface area contributed by atoms with Crippen LogP contribution in [0.1, 0.15) is 31.3 Å². The smallest absolute Gasteiger partial charge is 0.138 e. The van der Waals surface area contributed by atoms with E-state index in [-0.39, 0.29) is 6.04 Å². The Balaban J connectivity index is 2.13. The summed E-state index contributed by atoms with van der Waals surface area (Å²) in [5.74, 6) is 2.11. The highest BCUT2D eigenvalue weighted by Crippen LogP contribution is 2.22. The molecule has 1 atom stereocenters. The molecule has 0 saturated heterocycles. The number of hydrogen-bond acceptors (Lipinski definition) is 4. The molecule has 108 valence electrons. The number of likely N-dealkylation sites (N-methyl/N-ethyl adjacent to an activating group) is 1. The molecule has 1 aromatic heterocycles. The van der Waals surface area contributed by atoms with Gasteiger partial charge in [0, 0.05) is 24.4 Å². The molecule has 20 heavy (non-hydrogen) atoms. The van der Waals surface area contributed by atoms with Crippen molar-refractivity contribution in [3.8, 4) is 0 Å². The minimum atomic E-state index is 0.281. The van der Waals surface area contributed by atoms with E-state index in [0.29, 0.717) is 0 Å². The molecule has 0 radical (unpaired) electrons. The van der Waals surface area contributed by atoms with Gasteiger partial charge < -0.3 is 5.32 Å². The summed E-state index contributed by atoms with van der Waals surface area (Å²) < 4.78 is 1.84. The van der Waals surface area contributed by atoms with E-state index in [2.05, 4.69) is 53.5 Å². The number of rotatable bonds is 7. The molecule has 0 aliphatic heterocycles. The lowest BCUT2D eigenvalue weighted by Crippen LogP contribution is -2.24. The van der Waals surface area contributed by atoms with Crippen LogP contribution in [0.2, 0.25) is 0 Å². The second-order valence-corrected chi connectivity index (χ2v) is 5.95. The fraction of sp³-hybridized carbons (Fsp3) is 0.467. The molecule has 2 aromatic rings. The fourth-order valence-corrected chi connectivity index (χ4v) is 2.87. The first kappa shape index (κ1) is 15.1. The molecule has 5 heteroatoms. The zero-order valence-electron chi connectivity index (χ0n) is 12.3. The van der Waals surface area contributed by atoms with E-state index in [1.807, 2.05) is 23.5 Å². The molecule has 1 N–H and O–H groups in total. The SMILES string of the molecule is CCNC(Cc1ncnn1C)c1ccc(SCC)cc1. The molecule has 0 bridgehead atoms. The first-order valence-corrected chi connectivity index (χ1v) is 8.02. The van der Waals surface area contributed by atoms with Crippen molar-refractivity contribution < 1.29 is 0 Å². The lowest BCUT2D eigenvalue weighted by atomic mass is 10.0. The van der Waals surface area contributed by atoms with Gasteiger partial charge in [-0.3, -0.25) is 4.68 Å². The minimum Gasteiger partial charge on any atom is -0.310 e. The number of aryl methyl sites for hydroxylation is 1. The van der Waals surface area contributed by atoms with E-state index in [1.54, 1.807) is 6.33 Å². The Morgan fingerprint density at radius 1 is 1.25 bits per heavy atom. The molecule has 0 aliphatic carbocycles. The molecular weight excluding hydrogens is 268 g/mol. The van der Waals surface area contributed by atoms with Crippen molar-refractivity contribution >= 4 is 11.8 Å². The van der Waals surface area contributed by atoms with Crippen LogP contribution in [-0.2, 0) is 13.5 Å². The predicted octanol–water partition coefficient (Wildman–Crippen LogP) is 2.82. The number of benzene rings is 1. The van der Waals surface area contributed by atoms with Crippen LogP contribution in [0.3, 0.4) is 0 Å². The van der Waals surface area contributed by atoms with Crippen LogP contribution < -0.4 is 5.32 Å². The van der Waals surface area contributed by atoms with Crippen LogP contribution in [0.4, 0.5) is 0 Å². The monoisotopic (exact) mass is 290 g/mol. The Kier molecular flexibility index (Phi) is 5.61. The predicted molar refractivity (Wildman–Crippen MR) is 84.0 cm³/mol. The molecule has 1 aromatic carbocycles. The Morgan fingerprint density at radius 3 is 2.55 bits per heavy atom. The average Bonchev–Trinajstić information content (AvgIpc) is 2.85. The first-order chi connectivity index (χ1) is 9.74. The standard InChI is InChI=1S/C15H22N4S/c1-4-16-14(10-15-17-11-18-19(15)3)12-6-8-13(9-7-12)20-5-2/h6-9,11,14,16H,4-5,10H2,1-3H3. The highest BCUT2D eigenvalue weighted by molar-refractivity contribution is 7.99. The van der Waals surface area contributed by atoms with Gasteiger partial charge in [-0.25, -0.2) is 4.98 Å². The Labute approximate surface area is 125 Å². The fourth-order valence-electron chi connectivity index (χ4n) is 2.20. The normalized spacial score (nSPS) is 12.6. The second kappa shape index (κ2) is 7.45. The molecule has 0 amide bonds. The van der Waals surface area contributed by atoms with Gasteiger partial charge in [-0.05, 0) is 30.0 Å². The van der Waals surface area contributed by atoms with Gasteiger partial charge >= 0.3 is 0 Å². The van der Waals surface area contributed by atoms with Crippen LogP contribution in [0.5, 0.6) is 0 Å². The van der Waals surface area contributed by atoms with Crippen molar-refractivity contribution in [2.24, 2.45) is 7.05 Å². The Bertz CT molecular complexity index is 521. The van der Waals surface area contributed by atoms with E-state index in [0.717, 1.165) is 24.5 Å². The lowest BCUT2D eigenvalue weighted by Gasteiger charge is -2.18. The van der Waals surface area contributed by atoms with Gasteiger partial charge in [-0.1, -0.05) is 26.0 Å². The van der Waals surface area contributed by atoms with Crippen molar-refractivity contribution in [3.63, 3.8) is 0 Å². The van der Waals surface area contributed by atoms with Gasteiger partial charge in [0.2, 0.25) is 0 Å². The average molecular weight is 290 g/mol. The molecule has 0 fully saturated rings. The summed E-state index contributed by atoms with van der Waals surface area (Å²) in [7, 11) is 1.94. The Morgan fingerprint density at radius 2 is 2.00 bits per heavy atom. The number of hydrogen-bond donors (Lipinski definition) is 1. The quantitative estimate of drug-likeness (QED) is 0.796. The number of aromatic nitrogens is 3. The van der Waals surface area contributed by atoms with Crippen molar-refractivity contribution in [2.75, 3.05) is 12.3 Å². The van der Waals surface area contributed by atoms with Crippen molar-refractivity contribution in [1.82, 2.24) is 20.1 Å². The highest BCUT2D eigenvalue weighted by Gasteiger charge is 2.14. The van der Waals surface area contributed by atoms with Crippen LogP contribution in [0.15, 0.2) is 35.5 Å². The van der Waals surface area contributed by atoms with Crippen LogP contribution in [0.25, 0.3) is 0 Å². The van der Waals surface area contributed by atoms with Gasteiger partial charge in [0.15, 0.2) is 0 Å². The maximum absolute atomic E-state index is 4.32. The van der Waals surface area contributed by atoms with E-state index < -0.39 is 0 Å². The van der Waals surface area contributed by atoms with Crippen molar-refractivity contribution in [2.45, 2.75) is 31.2 Å². The molecule has 0 saturated carbocycles. The van der Waals surface area contributed by atoms with E-state index in [9.17, 15) is 0 Å². The molecule has 0 aliphatic rings. The third kappa shape index (κ3) is 3.84. The number of nitrogens with zero attached hydrogens (tertiary/aromatic N) is 3. The largest absolute Gasteiger partial charge is 0.310 e. The summed E-state index contributed by atoms with van der Waals surface area (Å²) in [5.41, 5.74) is 1.30. The summed E-state index contributed by atoms with van der Waals surface area (Å²) in [4.78, 5) is 5.64. The number of nitrogens with one attached hydrogen (secondary N) is 1. The van der Waals surface area contributed by atoms with Crippen LogP contribution in [0, 0.1) is 0 Å². The van der Waals surface area contributed by atoms with Crippen LogP contribution in [-0.4, -0.2) is 27.1 Å². The first-order valence-electron chi connectivity index (χ1n) is 7.03. The third-order valence-corrected chi connectivity index (χ3v) is 4.13. The van der Waals surface area contributed by atoms with E-state index in [4.69, 9.17) is 0 Å². The van der Waals surface area contributed by atoms with Gasteiger partial charge in [0.25, 0.3) is 0 Å². The third-order valence-electron chi connectivity index (χ3n) is 3.24. The zero-order chi connectivity index (χ0) is 14.4. The summed E-state index contributed by atoms with van der Waals surface area (Å²) in [6.07, 6.45) is 2.46. The highest BCUT2D eigenvalue weighted by atomic mass is 32.2. The second-order valence-electron chi connectivity index (χ2n) is 4.62. The van der Waals surface area contributed by atoms with Gasteiger partial charge in [0.1, 0.15) is 12.2 Å². The Hall–Kier alpha value is -1.33. The van der Waals surface area contributed by atoms with Crippen molar-refractivity contribution in [3.05, 3.63) is 42.0 Å². The lowest BCUT2D eigenvalue weighted by molar-refractivity contribution is 0.522. The van der Waals surface area contributed by atoms with Gasteiger partial charge in [-0.2, -0.15) is 5.10 Å². The molecular formula is C15H22N4S. The van der Waals surface area contributed by atoms with Crippen molar-refractivity contribution in [1.29, 1.82) is 0 Å². The molecule has 1 heterocycles. The molecule has 0 spiro atoms.